The van der Waals surface area contributed by atoms with Gasteiger partial charge in [-0.15, -0.1) is 0 Å². The Balaban J connectivity index is 1.99. The third-order valence-electron chi connectivity index (χ3n) is 6.33. The molecule has 0 radical (unpaired) electrons. The van der Waals surface area contributed by atoms with Gasteiger partial charge < -0.3 is 5.32 Å². The lowest BCUT2D eigenvalue weighted by Crippen LogP contribution is -2.48. The molecule has 0 amide bonds. The van der Waals surface area contributed by atoms with Gasteiger partial charge in [-0.1, -0.05) is 52.9 Å². The molecule has 0 aromatic heterocycles. The number of nitrogens with one attached hydrogen (secondary N) is 1. The fourth-order valence-electron chi connectivity index (χ4n) is 4.91. The molecule has 2 atom stereocenters. The van der Waals surface area contributed by atoms with E-state index in [4.69, 9.17) is 0 Å². The summed E-state index contributed by atoms with van der Waals surface area (Å²) in [7, 11) is 2.21. The molecular weight excluding hydrogens is 230 g/mol. The summed E-state index contributed by atoms with van der Waals surface area (Å²) >= 11 is 0. The van der Waals surface area contributed by atoms with Gasteiger partial charge in [0.15, 0.2) is 0 Å². The highest BCUT2D eigenvalue weighted by atomic mass is 14.9. The molecule has 0 saturated heterocycles. The predicted molar refractivity (Wildman–Crippen MR) is 84.3 cm³/mol. The minimum atomic E-state index is 0.549. The van der Waals surface area contributed by atoms with Crippen LogP contribution in [0, 0.1) is 23.2 Å². The van der Waals surface area contributed by atoms with Crippen molar-refractivity contribution in [2.24, 2.45) is 23.2 Å². The molecule has 112 valence electrons. The summed E-state index contributed by atoms with van der Waals surface area (Å²) in [5.41, 5.74) is 0.549. The Morgan fingerprint density at radius 3 is 2.26 bits per heavy atom. The van der Waals surface area contributed by atoms with Crippen LogP contribution in [0.1, 0.15) is 78.6 Å². The van der Waals surface area contributed by atoms with E-state index in [2.05, 4.69) is 33.1 Å². The molecule has 2 aliphatic carbocycles. The maximum atomic E-state index is 3.73. The highest BCUT2D eigenvalue weighted by molar-refractivity contribution is 4.94. The maximum Gasteiger partial charge on any atom is 0.0126 e. The summed E-state index contributed by atoms with van der Waals surface area (Å²) in [5.74, 6) is 2.86. The zero-order valence-corrected chi connectivity index (χ0v) is 13.7. The largest absolute Gasteiger partial charge is 0.316 e. The second kappa shape index (κ2) is 6.61. The van der Waals surface area contributed by atoms with Gasteiger partial charge in [-0.2, -0.15) is 0 Å². The number of rotatable bonds is 4. The zero-order chi connectivity index (χ0) is 13.9. The van der Waals surface area contributed by atoms with Gasteiger partial charge in [0.25, 0.3) is 0 Å². The second-order valence-electron chi connectivity index (χ2n) is 7.84. The van der Waals surface area contributed by atoms with Gasteiger partial charge in [0, 0.05) is 6.04 Å². The van der Waals surface area contributed by atoms with Gasteiger partial charge in [-0.25, -0.2) is 0 Å². The molecule has 0 spiro atoms. The number of hydrogen-bond acceptors (Lipinski definition) is 1. The van der Waals surface area contributed by atoms with E-state index in [-0.39, 0.29) is 0 Å². The van der Waals surface area contributed by atoms with Crippen LogP contribution in [0.5, 0.6) is 0 Å². The third-order valence-corrected chi connectivity index (χ3v) is 6.33. The van der Waals surface area contributed by atoms with E-state index in [1.807, 2.05) is 0 Å². The third kappa shape index (κ3) is 3.54. The molecule has 0 heterocycles. The molecule has 0 aromatic rings. The Bertz CT molecular complexity index is 263. The second-order valence-corrected chi connectivity index (χ2v) is 7.84. The Morgan fingerprint density at radius 2 is 1.74 bits per heavy atom. The fraction of sp³-hybridized carbons (Fsp3) is 1.00. The molecule has 2 fully saturated rings. The number of hydrogen-bond donors (Lipinski definition) is 1. The van der Waals surface area contributed by atoms with E-state index in [0.717, 1.165) is 23.8 Å². The van der Waals surface area contributed by atoms with Gasteiger partial charge in [0.2, 0.25) is 0 Å². The van der Waals surface area contributed by atoms with Crippen molar-refractivity contribution in [2.75, 3.05) is 7.05 Å². The quantitative estimate of drug-likeness (QED) is 0.753. The van der Waals surface area contributed by atoms with Crippen LogP contribution in [-0.4, -0.2) is 13.1 Å². The molecule has 19 heavy (non-hydrogen) atoms. The summed E-state index contributed by atoms with van der Waals surface area (Å²) in [6.45, 7) is 7.39. The van der Waals surface area contributed by atoms with Crippen molar-refractivity contribution in [3.05, 3.63) is 0 Å². The van der Waals surface area contributed by atoms with Crippen molar-refractivity contribution in [1.82, 2.24) is 5.32 Å². The molecule has 1 N–H and O–H groups in total. The Labute approximate surface area is 120 Å². The average Bonchev–Trinajstić information content (AvgIpc) is 2.42. The molecule has 2 saturated carbocycles. The van der Waals surface area contributed by atoms with Crippen molar-refractivity contribution < 1.29 is 0 Å². The van der Waals surface area contributed by atoms with Crippen molar-refractivity contribution >= 4 is 0 Å². The van der Waals surface area contributed by atoms with Gasteiger partial charge in [-0.05, 0) is 55.9 Å². The first-order valence-corrected chi connectivity index (χ1v) is 8.75. The molecule has 0 bridgehead atoms. The average molecular weight is 265 g/mol. The molecule has 1 heteroatoms. The van der Waals surface area contributed by atoms with Crippen LogP contribution < -0.4 is 5.32 Å². The van der Waals surface area contributed by atoms with Crippen LogP contribution in [0.15, 0.2) is 0 Å². The molecule has 1 nitrogen and oxygen atoms in total. The highest BCUT2D eigenvalue weighted by Gasteiger charge is 2.40. The van der Waals surface area contributed by atoms with Gasteiger partial charge in [0.05, 0.1) is 0 Å². The first-order chi connectivity index (χ1) is 9.08. The van der Waals surface area contributed by atoms with Crippen molar-refractivity contribution in [1.29, 1.82) is 0 Å². The summed E-state index contributed by atoms with van der Waals surface area (Å²) in [4.78, 5) is 0. The SMILES string of the molecule is CCC1CCC(C(NC)C2CCCCC2(C)C)CC1. The summed E-state index contributed by atoms with van der Waals surface area (Å²) in [6, 6.07) is 0.771. The molecule has 2 aliphatic rings. The first-order valence-electron chi connectivity index (χ1n) is 8.75. The molecular formula is C18H35N. The van der Waals surface area contributed by atoms with Crippen LogP contribution >= 0.6 is 0 Å². The van der Waals surface area contributed by atoms with E-state index in [1.165, 1.54) is 57.8 Å². The highest BCUT2D eigenvalue weighted by Crippen LogP contribution is 2.46. The van der Waals surface area contributed by atoms with Crippen LogP contribution in [0.2, 0.25) is 0 Å². The maximum absolute atomic E-state index is 3.73. The lowest BCUT2D eigenvalue weighted by molar-refractivity contribution is 0.0608. The Morgan fingerprint density at radius 1 is 1.05 bits per heavy atom. The van der Waals surface area contributed by atoms with Crippen LogP contribution in [-0.2, 0) is 0 Å². The van der Waals surface area contributed by atoms with Crippen molar-refractivity contribution in [3.8, 4) is 0 Å². The van der Waals surface area contributed by atoms with Gasteiger partial charge in [-0.3, -0.25) is 0 Å². The molecule has 2 rings (SSSR count). The van der Waals surface area contributed by atoms with E-state index in [0.29, 0.717) is 5.41 Å². The predicted octanol–water partition coefficient (Wildman–Crippen LogP) is 5.01. The summed E-state index contributed by atoms with van der Waals surface area (Å²) in [5, 5.41) is 3.73. The van der Waals surface area contributed by atoms with Gasteiger partial charge in [0.1, 0.15) is 0 Å². The van der Waals surface area contributed by atoms with E-state index in [9.17, 15) is 0 Å². The Hall–Kier alpha value is -0.0400. The fourth-order valence-corrected chi connectivity index (χ4v) is 4.91. The van der Waals surface area contributed by atoms with E-state index < -0.39 is 0 Å². The monoisotopic (exact) mass is 265 g/mol. The minimum Gasteiger partial charge on any atom is -0.316 e. The lowest BCUT2D eigenvalue weighted by atomic mass is 9.62. The zero-order valence-electron chi connectivity index (χ0n) is 13.7. The first kappa shape index (κ1) is 15.4. The minimum absolute atomic E-state index is 0.549. The lowest BCUT2D eigenvalue weighted by Gasteiger charge is -2.47. The summed E-state index contributed by atoms with van der Waals surface area (Å²) < 4.78 is 0. The molecule has 2 unspecified atom stereocenters. The van der Waals surface area contributed by atoms with E-state index in [1.54, 1.807) is 0 Å². The summed E-state index contributed by atoms with van der Waals surface area (Å²) in [6.07, 6.45) is 13.1. The van der Waals surface area contributed by atoms with Gasteiger partial charge >= 0.3 is 0 Å². The van der Waals surface area contributed by atoms with Crippen molar-refractivity contribution in [3.63, 3.8) is 0 Å². The Kier molecular flexibility index (Phi) is 5.34. The standard InChI is InChI=1S/C18H35N/c1-5-14-9-11-15(12-10-14)17(19-4)16-8-6-7-13-18(16,2)3/h14-17,19H,5-13H2,1-4H3. The molecule has 0 aromatic carbocycles. The topological polar surface area (TPSA) is 12.0 Å². The van der Waals surface area contributed by atoms with E-state index >= 15 is 0 Å². The molecule has 0 aliphatic heterocycles. The van der Waals surface area contributed by atoms with Crippen LogP contribution in [0.25, 0.3) is 0 Å². The smallest absolute Gasteiger partial charge is 0.0126 e. The van der Waals surface area contributed by atoms with Crippen LogP contribution in [0.4, 0.5) is 0 Å². The van der Waals surface area contributed by atoms with Crippen LogP contribution in [0.3, 0.4) is 0 Å². The normalized spacial score (nSPS) is 36.9. The van der Waals surface area contributed by atoms with Crippen molar-refractivity contribution in [2.45, 2.75) is 84.6 Å².